The smallest absolute Gasteiger partial charge is 0.0353 e. The lowest BCUT2D eigenvalue weighted by molar-refractivity contribution is 0.611. The molecule has 0 spiro atoms. The third-order valence-corrected chi connectivity index (χ3v) is 4.51. The fourth-order valence-corrected chi connectivity index (χ4v) is 3.23. The molecule has 0 saturated heterocycles. The molecule has 2 heteroatoms. The van der Waals surface area contributed by atoms with Crippen LogP contribution in [-0.2, 0) is 12.8 Å². The number of anilines is 1. The van der Waals surface area contributed by atoms with Crippen LogP contribution in [0.25, 0.3) is 0 Å². The zero-order valence-corrected chi connectivity index (χ0v) is 12.0. The zero-order valence-electron chi connectivity index (χ0n) is 11.2. The van der Waals surface area contributed by atoms with Crippen molar-refractivity contribution in [3.05, 3.63) is 59.7 Å². The van der Waals surface area contributed by atoms with Crippen molar-refractivity contribution in [1.29, 1.82) is 0 Å². The molecule has 1 N–H and O–H groups in total. The van der Waals surface area contributed by atoms with Crippen molar-refractivity contribution in [3.8, 4) is 0 Å². The Labute approximate surface area is 119 Å². The fraction of sp³-hybridized carbons (Fsp3) is 0.294. The molecule has 19 heavy (non-hydrogen) atoms. The Morgan fingerprint density at radius 1 is 1.05 bits per heavy atom. The molecule has 0 radical (unpaired) electrons. The molecule has 2 aromatic carbocycles. The molecule has 0 aliphatic heterocycles. The summed E-state index contributed by atoms with van der Waals surface area (Å²) in [5, 5.41) is 3.68. The van der Waals surface area contributed by atoms with Crippen LogP contribution in [0.3, 0.4) is 0 Å². The Morgan fingerprint density at radius 3 is 2.74 bits per heavy atom. The van der Waals surface area contributed by atoms with Crippen LogP contribution < -0.4 is 5.32 Å². The Balaban J connectivity index is 1.71. The van der Waals surface area contributed by atoms with Gasteiger partial charge in [-0.1, -0.05) is 30.3 Å². The molecule has 98 valence electrons. The largest absolute Gasteiger partial charge is 0.382 e. The molecule has 2 aromatic rings. The number of hydrogen-bond acceptors (Lipinski definition) is 2. The average Bonchev–Trinajstić information content (AvgIpc) is 2.47. The van der Waals surface area contributed by atoms with E-state index in [1.807, 2.05) is 0 Å². The molecular weight excluding hydrogens is 250 g/mol. The number of thioether (sulfide) groups is 1. The van der Waals surface area contributed by atoms with Gasteiger partial charge in [0.25, 0.3) is 0 Å². The van der Waals surface area contributed by atoms with Crippen LogP contribution in [-0.4, -0.2) is 12.3 Å². The van der Waals surface area contributed by atoms with E-state index < -0.39 is 0 Å². The summed E-state index contributed by atoms with van der Waals surface area (Å²) in [6.45, 7) is 0. The first-order valence-electron chi connectivity index (χ1n) is 6.82. The van der Waals surface area contributed by atoms with Crippen molar-refractivity contribution in [1.82, 2.24) is 0 Å². The SMILES string of the molecule is CSc1cccc(NC2CCc3ccccc3C2)c1. The van der Waals surface area contributed by atoms with E-state index >= 15 is 0 Å². The second kappa shape index (κ2) is 5.70. The number of hydrogen-bond donors (Lipinski definition) is 1. The van der Waals surface area contributed by atoms with Crippen LogP contribution in [0.5, 0.6) is 0 Å². The summed E-state index contributed by atoms with van der Waals surface area (Å²) in [7, 11) is 0. The molecule has 0 fully saturated rings. The summed E-state index contributed by atoms with van der Waals surface area (Å²) < 4.78 is 0. The predicted molar refractivity (Wildman–Crippen MR) is 84.1 cm³/mol. The summed E-state index contributed by atoms with van der Waals surface area (Å²) in [4.78, 5) is 1.32. The van der Waals surface area contributed by atoms with Crippen molar-refractivity contribution in [2.75, 3.05) is 11.6 Å². The van der Waals surface area contributed by atoms with E-state index in [2.05, 4.69) is 60.1 Å². The van der Waals surface area contributed by atoms with Gasteiger partial charge >= 0.3 is 0 Å². The first-order chi connectivity index (χ1) is 9.35. The molecule has 1 aliphatic carbocycles. The minimum atomic E-state index is 0.562. The van der Waals surface area contributed by atoms with Crippen molar-refractivity contribution in [2.45, 2.75) is 30.2 Å². The number of benzene rings is 2. The molecule has 0 aromatic heterocycles. The molecule has 1 unspecified atom stereocenters. The maximum Gasteiger partial charge on any atom is 0.0353 e. The lowest BCUT2D eigenvalue weighted by Gasteiger charge is -2.26. The average molecular weight is 269 g/mol. The maximum absolute atomic E-state index is 3.68. The van der Waals surface area contributed by atoms with Crippen LogP contribution in [0.2, 0.25) is 0 Å². The number of fused-ring (bicyclic) bond motifs is 1. The lowest BCUT2D eigenvalue weighted by atomic mass is 9.88. The highest BCUT2D eigenvalue weighted by Crippen LogP contribution is 2.25. The summed E-state index contributed by atoms with van der Waals surface area (Å²) in [6.07, 6.45) is 5.67. The molecule has 0 bridgehead atoms. The van der Waals surface area contributed by atoms with E-state index in [4.69, 9.17) is 0 Å². The van der Waals surface area contributed by atoms with Gasteiger partial charge in [-0.15, -0.1) is 11.8 Å². The minimum absolute atomic E-state index is 0.562. The molecule has 0 amide bonds. The normalized spacial score (nSPS) is 17.8. The maximum atomic E-state index is 3.68. The highest BCUT2D eigenvalue weighted by molar-refractivity contribution is 7.98. The van der Waals surface area contributed by atoms with Gasteiger partial charge in [0.1, 0.15) is 0 Å². The van der Waals surface area contributed by atoms with Gasteiger partial charge in [-0.25, -0.2) is 0 Å². The Morgan fingerprint density at radius 2 is 1.89 bits per heavy atom. The lowest BCUT2D eigenvalue weighted by Crippen LogP contribution is -2.27. The number of nitrogens with one attached hydrogen (secondary N) is 1. The fourth-order valence-electron chi connectivity index (χ4n) is 2.77. The molecule has 0 saturated carbocycles. The number of aryl methyl sites for hydroxylation is 1. The topological polar surface area (TPSA) is 12.0 Å². The quantitative estimate of drug-likeness (QED) is 0.830. The first kappa shape index (κ1) is 12.6. The van der Waals surface area contributed by atoms with Crippen LogP contribution in [0, 0.1) is 0 Å². The minimum Gasteiger partial charge on any atom is -0.382 e. The Kier molecular flexibility index (Phi) is 3.79. The predicted octanol–water partition coefficient (Wildman–Crippen LogP) is 4.38. The highest BCUT2D eigenvalue weighted by atomic mass is 32.2. The summed E-state index contributed by atoms with van der Waals surface area (Å²) in [6, 6.07) is 18.1. The van der Waals surface area contributed by atoms with Gasteiger partial charge in [-0.2, -0.15) is 0 Å². The Hall–Kier alpha value is -1.41. The van der Waals surface area contributed by atoms with Crippen molar-refractivity contribution in [2.24, 2.45) is 0 Å². The van der Waals surface area contributed by atoms with Gasteiger partial charge in [-0.3, -0.25) is 0 Å². The molecule has 0 heterocycles. The van der Waals surface area contributed by atoms with Crippen LogP contribution in [0.1, 0.15) is 17.5 Å². The van der Waals surface area contributed by atoms with Gasteiger partial charge in [0, 0.05) is 16.6 Å². The van der Waals surface area contributed by atoms with E-state index in [9.17, 15) is 0 Å². The third kappa shape index (κ3) is 2.95. The van der Waals surface area contributed by atoms with Gasteiger partial charge in [0.2, 0.25) is 0 Å². The van der Waals surface area contributed by atoms with Gasteiger partial charge in [-0.05, 0) is 54.8 Å². The zero-order chi connectivity index (χ0) is 13.1. The van der Waals surface area contributed by atoms with Gasteiger partial charge < -0.3 is 5.32 Å². The van der Waals surface area contributed by atoms with Crippen LogP contribution >= 0.6 is 11.8 Å². The summed E-state index contributed by atoms with van der Waals surface area (Å²) >= 11 is 1.79. The Bertz CT molecular complexity index is 565. The molecule has 1 atom stereocenters. The van der Waals surface area contributed by atoms with E-state index in [1.54, 1.807) is 11.8 Å². The van der Waals surface area contributed by atoms with E-state index in [0.717, 1.165) is 6.42 Å². The van der Waals surface area contributed by atoms with Crippen molar-refractivity contribution >= 4 is 17.4 Å². The van der Waals surface area contributed by atoms with E-state index in [1.165, 1.54) is 34.6 Å². The van der Waals surface area contributed by atoms with Crippen molar-refractivity contribution in [3.63, 3.8) is 0 Å². The monoisotopic (exact) mass is 269 g/mol. The summed E-state index contributed by atoms with van der Waals surface area (Å²) in [5.41, 5.74) is 4.28. The van der Waals surface area contributed by atoms with Crippen LogP contribution in [0.15, 0.2) is 53.4 Å². The van der Waals surface area contributed by atoms with Crippen LogP contribution in [0.4, 0.5) is 5.69 Å². The molecule has 1 nitrogen and oxygen atoms in total. The summed E-state index contributed by atoms with van der Waals surface area (Å²) in [5.74, 6) is 0. The first-order valence-corrected chi connectivity index (χ1v) is 8.05. The molecule has 1 aliphatic rings. The molecule has 3 rings (SSSR count). The van der Waals surface area contributed by atoms with Crippen molar-refractivity contribution < 1.29 is 0 Å². The highest BCUT2D eigenvalue weighted by Gasteiger charge is 2.17. The second-order valence-corrected chi connectivity index (χ2v) is 5.96. The van der Waals surface area contributed by atoms with E-state index in [0.29, 0.717) is 6.04 Å². The standard InChI is InChI=1S/C17H19NS/c1-19-17-8-4-7-15(12-17)18-16-10-9-13-5-2-3-6-14(13)11-16/h2-8,12,16,18H,9-11H2,1H3. The second-order valence-electron chi connectivity index (χ2n) is 5.08. The van der Waals surface area contributed by atoms with Gasteiger partial charge in [0.15, 0.2) is 0 Å². The van der Waals surface area contributed by atoms with Gasteiger partial charge in [0.05, 0.1) is 0 Å². The number of rotatable bonds is 3. The third-order valence-electron chi connectivity index (χ3n) is 3.79. The van der Waals surface area contributed by atoms with E-state index in [-0.39, 0.29) is 0 Å². The molecular formula is C17H19NS.